The first kappa shape index (κ1) is 11.0. The van der Waals surface area contributed by atoms with Gasteiger partial charge in [-0.25, -0.2) is 0 Å². The number of unbranched alkanes of at least 4 members (excludes halogenated alkanes) is 1. The Morgan fingerprint density at radius 3 is 3.00 bits per heavy atom. The molecule has 0 aliphatic carbocycles. The van der Waals surface area contributed by atoms with Gasteiger partial charge in [-0.2, -0.15) is 0 Å². The van der Waals surface area contributed by atoms with Gasteiger partial charge in [-0.05, 0) is 34.8 Å². The minimum Gasteiger partial charge on any atom is -0.418 e. The highest BCUT2D eigenvalue weighted by atomic mass is 79.9. The molecule has 1 aromatic rings. The topological polar surface area (TPSA) is 39.4 Å². The monoisotopic (exact) mass is 258 g/mol. The smallest absolute Gasteiger partial charge is 0.313 e. The number of hydrogen-bond acceptors (Lipinski definition) is 3. The molecule has 76 valence electrons. The number of allylic oxidation sites excluding steroid dienone is 1. The predicted molar refractivity (Wildman–Crippen MR) is 56.1 cm³/mol. The van der Waals surface area contributed by atoms with Crippen LogP contribution < -0.4 is 4.74 Å². The van der Waals surface area contributed by atoms with Crippen molar-refractivity contribution < 1.29 is 13.9 Å². The molecule has 4 heteroatoms. The van der Waals surface area contributed by atoms with E-state index in [1.807, 2.05) is 0 Å². The van der Waals surface area contributed by atoms with E-state index < -0.39 is 0 Å². The third-order valence-corrected chi connectivity index (χ3v) is 1.98. The third kappa shape index (κ3) is 3.79. The number of rotatable bonds is 5. The highest BCUT2D eigenvalue weighted by molar-refractivity contribution is 9.10. The normalized spacial score (nSPS) is 9.79. The lowest BCUT2D eigenvalue weighted by atomic mass is 10.2. The molecule has 0 N–H and O–H groups in total. The quantitative estimate of drug-likeness (QED) is 0.462. The second kappa shape index (κ2) is 5.65. The molecule has 0 radical (unpaired) electrons. The van der Waals surface area contributed by atoms with E-state index in [0.717, 1.165) is 12.8 Å². The van der Waals surface area contributed by atoms with Crippen molar-refractivity contribution in [2.24, 2.45) is 0 Å². The van der Waals surface area contributed by atoms with Gasteiger partial charge in [-0.15, -0.1) is 6.58 Å². The van der Waals surface area contributed by atoms with Crippen LogP contribution in [-0.4, -0.2) is 5.97 Å². The maximum atomic E-state index is 11.2. The third-order valence-electron chi connectivity index (χ3n) is 1.55. The average Bonchev–Trinajstić information content (AvgIpc) is 2.52. The van der Waals surface area contributed by atoms with E-state index in [1.165, 1.54) is 0 Å². The molecule has 0 amide bonds. The Hall–Kier alpha value is -1.03. The van der Waals surface area contributed by atoms with Gasteiger partial charge in [0.2, 0.25) is 0 Å². The predicted octanol–water partition coefficient (Wildman–Crippen LogP) is 3.30. The van der Waals surface area contributed by atoms with E-state index in [2.05, 4.69) is 22.5 Å². The van der Waals surface area contributed by atoms with Crippen molar-refractivity contribution in [3.8, 4) is 5.95 Å². The summed E-state index contributed by atoms with van der Waals surface area (Å²) in [5.41, 5.74) is 0. The van der Waals surface area contributed by atoms with Crippen LogP contribution in [0.25, 0.3) is 0 Å². The second-order valence-electron chi connectivity index (χ2n) is 2.71. The highest BCUT2D eigenvalue weighted by Gasteiger charge is 2.06. The van der Waals surface area contributed by atoms with Gasteiger partial charge in [0.1, 0.15) is 0 Å². The number of esters is 1. The Morgan fingerprint density at radius 2 is 2.43 bits per heavy atom. The molecule has 0 aliphatic heterocycles. The molecule has 0 spiro atoms. The number of carbonyl (C=O) groups excluding carboxylic acids is 1. The Bertz CT molecular complexity index is 317. The van der Waals surface area contributed by atoms with E-state index >= 15 is 0 Å². The van der Waals surface area contributed by atoms with Crippen LogP contribution in [0.4, 0.5) is 0 Å². The van der Waals surface area contributed by atoms with E-state index in [4.69, 9.17) is 9.15 Å². The fraction of sp³-hybridized carbons (Fsp3) is 0.300. The minimum absolute atomic E-state index is 0.223. The highest BCUT2D eigenvalue weighted by Crippen LogP contribution is 2.20. The summed E-state index contributed by atoms with van der Waals surface area (Å²) in [5.74, 6) is -0.0609. The molecular formula is C10H11BrO3. The van der Waals surface area contributed by atoms with Gasteiger partial charge in [0.15, 0.2) is 4.67 Å². The molecule has 0 saturated carbocycles. The molecule has 1 heterocycles. The van der Waals surface area contributed by atoms with Crippen molar-refractivity contribution >= 4 is 21.9 Å². The lowest BCUT2D eigenvalue weighted by Crippen LogP contribution is -2.06. The van der Waals surface area contributed by atoms with Crippen LogP contribution in [0.1, 0.15) is 19.3 Å². The molecule has 0 atom stereocenters. The van der Waals surface area contributed by atoms with Crippen LogP contribution in [0.15, 0.2) is 33.9 Å². The largest absolute Gasteiger partial charge is 0.418 e. The van der Waals surface area contributed by atoms with Gasteiger partial charge >= 0.3 is 5.97 Å². The SMILES string of the molecule is C=CCCCC(=O)Oc1ccc(Br)o1. The van der Waals surface area contributed by atoms with E-state index in [-0.39, 0.29) is 11.9 Å². The zero-order valence-electron chi connectivity index (χ0n) is 7.66. The average molecular weight is 259 g/mol. The first-order valence-electron chi connectivity index (χ1n) is 4.29. The number of halogens is 1. The van der Waals surface area contributed by atoms with E-state index in [9.17, 15) is 4.79 Å². The van der Waals surface area contributed by atoms with Crippen LogP contribution in [0.3, 0.4) is 0 Å². The Balaban J connectivity index is 2.30. The lowest BCUT2D eigenvalue weighted by molar-refractivity contribution is -0.135. The summed E-state index contributed by atoms with van der Waals surface area (Å²) < 4.78 is 10.5. The minimum atomic E-state index is -0.284. The van der Waals surface area contributed by atoms with Crippen molar-refractivity contribution in [3.05, 3.63) is 29.5 Å². The summed E-state index contributed by atoms with van der Waals surface area (Å²) in [6.45, 7) is 3.57. The molecule has 14 heavy (non-hydrogen) atoms. The Labute approximate surface area is 90.9 Å². The van der Waals surface area contributed by atoms with Gasteiger partial charge in [0.05, 0.1) is 0 Å². The molecule has 0 unspecified atom stereocenters. The van der Waals surface area contributed by atoms with Gasteiger partial charge < -0.3 is 9.15 Å². The number of furan rings is 1. The summed E-state index contributed by atoms with van der Waals surface area (Å²) in [6.07, 6.45) is 3.72. The molecule has 3 nitrogen and oxygen atoms in total. The van der Waals surface area contributed by atoms with Gasteiger partial charge in [0, 0.05) is 12.5 Å². The number of ether oxygens (including phenoxy) is 1. The fourth-order valence-electron chi connectivity index (χ4n) is 0.907. The molecule has 0 aromatic carbocycles. The molecule has 0 bridgehead atoms. The number of hydrogen-bond donors (Lipinski definition) is 0. The van der Waals surface area contributed by atoms with Crippen molar-refractivity contribution in [3.63, 3.8) is 0 Å². The van der Waals surface area contributed by atoms with Crippen LogP contribution in [0.5, 0.6) is 5.95 Å². The summed E-state index contributed by atoms with van der Waals surface area (Å²) in [5, 5.41) is 0. The molecule has 1 aromatic heterocycles. The van der Waals surface area contributed by atoms with Crippen LogP contribution >= 0.6 is 15.9 Å². The Morgan fingerprint density at radius 1 is 1.64 bits per heavy atom. The Kier molecular flexibility index (Phi) is 4.46. The molecule has 1 rings (SSSR count). The second-order valence-corrected chi connectivity index (χ2v) is 3.50. The van der Waals surface area contributed by atoms with Crippen molar-refractivity contribution in [1.29, 1.82) is 0 Å². The standard InChI is InChI=1S/C10H11BrO3/c1-2-3-4-5-9(12)14-10-7-6-8(11)13-10/h2,6-7H,1,3-5H2. The summed E-state index contributed by atoms with van der Waals surface area (Å²) in [4.78, 5) is 11.2. The van der Waals surface area contributed by atoms with Gasteiger partial charge in [-0.1, -0.05) is 6.08 Å². The molecular weight excluding hydrogens is 248 g/mol. The summed E-state index contributed by atoms with van der Waals surface area (Å²) in [6, 6.07) is 3.27. The zero-order valence-corrected chi connectivity index (χ0v) is 9.25. The fourth-order valence-corrected chi connectivity index (χ4v) is 1.20. The van der Waals surface area contributed by atoms with Gasteiger partial charge in [0.25, 0.3) is 5.95 Å². The van der Waals surface area contributed by atoms with Gasteiger partial charge in [-0.3, -0.25) is 4.79 Å². The maximum Gasteiger partial charge on any atom is 0.313 e. The molecule has 0 aliphatic rings. The number of carbonyl (C=O) groups is 1. The van der Waals surface area contributed by atoms with E-state index in [0.29, 0.717) is 11.1 Å². The van der Waals surface area contributed by atoms with E-state index in [1.54, 1.807) is 18.2 Å². The summed E-state index contributed by atoms with van der Waals surface area (Å²) >= 11 is 3.11. The van der Waals surface area contributed by atoms with Crippen molar-refractivity contribution in [2.75, 3.05) is 0 Å². The first-order valence-corrected chi connectivity index (χ1v) is 5.08. The van der Waals surface area contributed by atoms with Crippen LogP contribution in [0.2, 0.25) is 0 Å². The van der Waals surface area contributed by atoms with Crippen LogP contribution in [-0.2, 0) is 4.79 Å². The molecule has 0 fully saturated rings. The molecule has 0 saturated heterocycles. The maximum absolute atomic E-state index is 11.2. The van der Waals surface area contributed by atoms with Crippen LogP contribution in [0, 0.1) is 0 Å². The first-order chi connectivity index (χ1) is 6.72. The van der Waals surface area contributed by atoms with Crippen molar-refractivity contribution in [2.45, 2.75) is 19.3 Å². The summed E-state index contributed by atoms with van der Waals surface area (Å²) in [7, 11) is 0. The van der Waals surface area contributed by atoms with Crippen molar-refractivity contribution in [1.82, 2.24) is 0 Å². The zero-order chi connectivity index (χ0) is 10.4. The lowest BCUT2D eigenvalue weighted by Gasteiger charge is -1.98.